The number of hydrogen-bond acceptors (Lipinski definition) is 5. The van der Waals surface area contributed by atoms with Crippen molar-refractivity contribution in [2.24, 2.45) is 0 Å². The van der Waals surface area contributed by atoms with Crippen LogP contribution in [-0.2, 0) is 0 Å². The summed E-state index contributed by atoms with van der Waals surface area (Å²) in [5.41, 5.74) is -0.987. The summed E-state index contributed by atoms with van der Waals surface area (Å²) in [6.45, 7) is 4.10. The summed E-state index contributed by atoms with van der Waals surface area (Å²) in [5, 5.41) is 8.90. The van der Waals surface area contributed by atoms with Crippen LogP contribution >= 0.6 is 0 Å². The molecule has 0 spiro atoms. The molecule has 2 N–H and O–H groups in total. The predicted molar refractivity (Wildman–Crippen MR) is 83.6 cm³/mol. The molecule has 7 nitrogen and oxygen atoms in total. The van der Waals surface area contributed by atoms with Gasteiger partial charge >= 0.3 is 5.97 Å². The summed E-state index contributed by atoms with van der Waals surface area (Å²) in [6.07, 6.45) is 1.09. The van der Waals surface area contributed by atoms with Crippen molar-refractivity contribution in [3.63, 3.8) is 0 Å². The number of H-pyrrole nitrogens is 1. The first kappa shape index (κ1) is 15.4. The second kappa shape index (κ2) is 5.62. The number of hydrogen-bond donors (Lipinski definition) is 2. The Morgan fingerprint density at radius 3 is 2.87 bits per heavy atom. The number of piperazine rings is 1. The van der Waals surface area contributed by atoms with Crippen LogP contribution in [0.2, 0.25) is 0 Å². The summed E-state index contributed by atoms with van der Waals surface area (Å²) in [4.78, 5) is 34.0. The molecule has 0 aliphatic carbocycles. The van der Waals surface area contributed by atoms with Gasteiger partial charge in [0.1, 0.15) is 11.2 Å². The summed E-state index contributed by atoms with van der Waals surface area (Å²) in [5.74, 6) is -1.80. The minimum atomic E-state index is -1.36. The van der Waals surface area contributed by atoms with Gasteiger partial charge in [-0.3, -0.25) is 4.79 Å². The Hall–Kier alpha value is -2.48. The number of carbonyl (C=O) groups is 1. The minimum absolute atomic E-state index is 0.0617. The van der Waals surface area contributed by atoms with Gasteiger partial charge in [-0.2, -0.15) is 0 Å². The lowest BCUT2D eigenvalue weighted by atomic mass is 10.1. The zero-order valence-electron chi connectivity index (χ0n) is 12.8. The molecule has 1 aliphatic rings. The normalized spacial score (nSPS) is 19.3. The van der Waals surface area contributed by atoms with Gasteiger partial charge in [-0.1, -0.05) is 0 Å². The average molecular weight is 320 g/mol. The summed E-state index contributed by atoms with van der Waals surface area (Å²) < 4.78 is 14.4. The van der Waals surface area contributed by atoms with Gasteiger partial charge in [0.2, 0.25) is 5.43 Å². The molecule has 0 aromatic carbocycles. The van der Waals surface area contributed by atoms with E-state index >= 15 is 0 Å². The molecule has 1 aliphatic heterocycles. The van der Waals surface area contributed by atoms with E-state index in [-0.39, 0.29) is 22.9 Å². The van der Waals surface area contributed by atoms with Crippen molar-refractivity contribution < 1.29 is 14.3 Å². The molecule has 1 atom stereocenters. The summed E-state index contributed by atoms with van der Waals surface area (Å²) >= 11 is 0. The van der Waals surface area contributed by atoms with Crippen molar-refractivity contribution in [1.29, 1.82) is 0 Å². The third kappa shape index (κ3) is 2.65. The molecule has 0 radical (unpaired) electrons. The number of anilines is 1. The number of aromatic carboxylic acids is 1. The monoisotopic (exact) mass is 320 g/mol. The number of aromatic amines is 1. The second-order valence-electron chi connectivity index (χ2n) is 5.80. The Kier molecular flexibility index (Phi) is 3.77. The first-order valence-electron chi connectivity index (χ1n) is 7.29. The van der Waals surface area contributed by atoms with Crippen molar-refractivity contribution in [3.05, 3.63) is 33.9 Å². The maximum atomic E-state index is 14.4. The number of rotatable bonds is 2. The van der Waals surface area contributed by atoms with Crippen molar-refractivity contribution in [1.82, 2.24) is 14.9 Å². The number of aromatic nitrogens is 2. The van der Waals surface area contributed by atoms with E-state index in [0.29, 0.717) is 13.1 Å². The molecule has 2 aromatic heterocycles. The minimum Gasteiger partial charge on any atom is -0.477 e. The highest BCUT2D eigenvalue weighted by Gasteiger charge is 2.25. The molecule has 8 heteroatoms. The van der Waals surface area contributed by atoms with Crippen molar-refractivity contribution in [3.8, 4) is 0 Å². The van der Waals surface area contributed by atoms with E-state index in [1.54, 1.807) is 0 Å². The Bertz CT molecular complexity index is 835. The Morgan fingerprint density at radius 2 is 2.22 bits per heavy atom. The lowest BCUT2D eigenvalue weighted by Gasteiger charge is -2.38. The Balaban J connectivity index is 2.07. The van der Waals surface area contributed by atoms with E-state index in [9.17, 15) is 14.0 Å². The van der Waals surface area contributed by atoms with Crippen LogP contribution in [0.4, 0.5) is 10.2 Å². The maximum absolute atomic E-state index is 14.4. The lowest BCUT2D eigenvalue weighted by Crippen LogP contribution is -2.50. The van der Waals surface area contributed by atoms with Crippen LogP contribution in [-0.4, -0.2) is 58.7 Å². The molecule has 1 unspecified atom stereocenters. The second-order valence-corrected chi connectivity index (χ2v) is 5.80. The van der Waals surface area contributed by atoms with Crippen molar-refractivity contribution in [2.75, 3.05) is 31.6 Å². The Morgan fingerprint density at radius 1 is 1.48 bits per heavy atom. The highest BCUT2D eigenvalue weighted by atomic mass is 19.1. The molecule has 1 fully saturated rings. The van der Waals surface area contributed by atoms with Crippen LogP contribution in [0.25, 0.3) is 11.0 Å². The maximum Gasteiger partial charge on any atom is 0.341 e. The predicted octanol–water partition coefficient (Wildman–Crippen LogP) is 0.901. The van der Waals surface area contributed by atoms with E-state index in [2.05, 4.69) is 14.9 Å². The van der Waals surface area contributed by atoms with Gasteiger partial charge in [0, 0.05) is 31.9 Å². The molecular formula is C15H17FN4O3. The quantitative estimate of drug-likeness (QED) is 0.854. The average Bonchev–Trinajstić information content (AvgIpc) is 2.50. The van der Waals surface area contributed by atoms with E-state index in [1.807, 2.05) is 18.9 Å². The van der Waals surface area contributed by atoms with Crippen LogP contribution in [0.1, 0.15) is 17.3 Å². The largest absolute Gasteiger partial charge is 0.477 e. The van der Waals surface area contributed by atoms with Gasteiger partial charge < -0.3 is 19.9 Å². The molecule has 0 bridgehead atoms. The standard InChI is InChI=1S/C15H17FN4O3/c1-8-7-20(4-3-19(8)2)14-11(16)5-9-12(21)10(15(22)23)6-17-13(9)18-14/h5-6,8H,3-4,7H2,1-2H3,(H,22,23)(H,17,18,21). The first-order chi connectivity index (χ1) is 10.9. The third-order valence-corrected chi connectivity index (χ3v) is 4.29. The van der Waals surface area contributed by atoms with Gasteiger partial charge in [0.15, 0.2) is 11.6 Å². The van der Waals surface area contributed by atoms with Gasteiger partial charge in [-0.25, -0.2) is 14.2 Å². The van der Waals surface area contributed by atoms with E-state index in [0.717, 1.165) is 18.8 Å². The highest BCUT2D eigenvalue weighted by Crippen LogP contribution is 2.22. The first-order valence-corrected chi connectivity index (χ1v) is 7.29. The summed E-state index contributed by atoms with van der Waals surface area (Å²) in [7, 11) is 2.01. The van der Waals surface area contributed by atoms with E-state index in [4.69, 9.17) is 5.11 Å². The molecule has 122 valence electrons. The Labute approximate surface area is 131 Å². The number of carboxylic acid groups (broad SMARTS) is 1. The number of fused-ring (bicyclic) bond motifs is 1. The topological polar surface area (TPSA) is 89.5 Å². The lowest BCUT2D eigenvalue weighted by molar-refractivity contribution is 0.0695. The SMILES string of the molecule is CC1CN(c2nc3[nH]cc(C(=O)O)c(=O)c3cc2F)CCN1C. The molecule has 23 heavy (non-hydrogen) atoms. The fourth-order valence-electron chi connectivity index (χ4n) is 2.73. The van der Waals surface area contributed by atoms with Crippen LogP contribution < -0.4 is 10.3 Å². The van der Waals surface area contributed by atoms with Crippen LogP contribution in [0, 0.1) is 5.82 Å². The molecule has 3 rings (SSSR count). The number of pyridine rings is 2. The number of carboxylic acids is 1. The fraction of sp³-hybridized carbons (Fsp3) is 0.400. The van der Waals surface area contributed by atoms with Gasteiger partial charge in [-0.15, -0.1) is 0 Å². The number of nitrogens with one attached hydrogen (secondary N) is 1. The van der Waals surface area contributed by atoms with Crippen molar-refractivity contribution in [2.45, 2.75) is 13.0 Å². The smallest absolute Gasteiger partial charge is 0.341 e. The molecular weight excluding hydrogens is 303 g/mol. The molecule has 0 saturated carbocycles. The molecule has 2 aromatic rings. The number of nitrogens with zero attached hydrogens (tertiary/aromatic N) is 3. The van der Waals surface area contributed by atoms with E-state index in [1.165, 1.54) is 0 Å². The van der Waals surface area contributed by atoms with Crippen molar-refractivity contribution >= 4 is 22.8 Å². The molecule has 0 amide bonds. The number of likely N-dealkylation sites (N-methyl/N-ethyl adjacent to an activating group) is 1. The number of halogens is 1. The molecule has 3 heterocycles. The molecule has 1 saturated heterocycles. The van der Waals surface area contributed by atoms with Crippen LogP contribution in [0.5, 0.6) is 0 Å². The zero-order valence-corrected chi connectivity index (χ0v) is 12.8. The zero-order chi connectivity index (χ0) is 16.7. The fourth-order valence-corrected chi connectivity index (χ4v) is 2.73. The summed E-state index contributed by atoms with van der Waals surface area (Å²) in [6, 6.07) is 1.32. The van der Waals surface area contributed by atoms with Gasteiger partial charge in [0.25, 0.3) is 0 Å². The highest BCUT2D eigenvalue weighted by molar-refractivity contribution is 5.91. The third-order valence-electron chi connectivity index (χ3n) is 4.29. The van der Waals surface area contributed by atoms with Crippen LogP contribution in [0.15, 0.2) is 17.1 Å². The van der Waals surface area contributed by atoms with Gasteiger partial charge in [-0.05, 0) is 20.0 Å². The van der Waals surface area contributed by atoms with Crippen LogP contribution in [0.3, 0.4) is 0 Å². The van der Waals surface area contributed by atoms with E-state index < -0.39 is 22.8 Å². The van der Waals surface area contributed by atoms with Gasteiger partial charge in [0.05, 0.1) is 5.39 Å².